The van der Waals surface area contributed by atoms with Crippen molar-refractivity contribution in [3.63, 3.8) is 0 Å². The summed E-state index contributed by atoms with van der Waals surface area (Å²) < 4.78 is 26.8. The van der Waals surface area contributed by atoms with Crippen molar-refractivity contribution in [2.75, 3.05) is 10.6 Å². The Bertz CT molecular complexity index is 745. The number of benzene rings is 2. The maximum Gasteiger partial charge on any atom is 0.233 e. The van der Waals surface area contributed by atoms with Gasteiger partial charge in [-0.1, -0.05) is 23.7 Å². The molecule has 0 fully saturated rings. The molecule has 2 aromatic carbocycles. The molecule has 0 saturated carbocycles. The van der Waals surface area contributed by atoms with Crippen molar-refractivity contribution in [2.24, 2.45) is 0 Å². The molecule has 0 aliphatic heterocycles. The second-order valence-corrected chi connectivity index (χ2v) is 5.27. The van der Waals surface area contributed by atoms with Gasteiger partial charge in [-0.15, -0.1) is 0 Å². The summed E-state index contributed by atoms with van der Waals surface area (Å²) in [5, 5.41) is 5.00. The van der Waals surface area contributed by atoms with Crippen LogP contribution in [0.25, 0.3) is 0 Å². The Labute approximate surface area is 136 Å². The lowest BCUT2D eigenvalue weighted by atomic mass is 10.2. The average molecular weight is 339 g/mol. The molecule has 0 heterocycles. The molecular formula is C16H13ClF2N2O2. The van der Waals surface area contributed by atoms with E-state index in [4.69, 9.17) is 11.6 Å². The molecule has 7 heteroatoms. The molecule has 0 saturated heterocycles. The third-order valence-electron chi connectivity index (χ3n) is 3.02. The first-order valence-electron chi connectivity index (χ1n) is 6.66. The van der Waals surface area contributed by atoms with Gasteiger partial charge in [0.15, 0.2) is 0 Å². The van der Waals surface area contributed by atoms with Crippen molar-refractivity contribution in [3.05, 3.63) is 58.6 Å². The number of aryl methyl sites for hydroxylation is 1. The summed E-state index contributed by atoms with van der Waals surface area (Å²) in [6.45, 7) is 1.76. The van der Waals surface area contributed by atoms with Gasteiger partial charge in [0.25, 0.3) is 0 Å². The van der Waals surface area contributed by atoms with Crippen molar-refractivity contribution in [2.45, 2.75) is 13.3 Å². The predicted molar refractivity (Wildman–Crippen MR) is 84.4 cm³/mol. The summed E-state index contributed by atoms with van der Waals surface area (Å²) in [4.78, 5) is 23.6. The van der Waals surface area contributed by atoms with Crippen molar-refractivity contribution in [3.8, 4) is 0 Å². The molecule has 0 aliphatic rings. The van der Waals surface area contributed by atoms with Gasteiger partial charge in [-0.05, 0) is 36.8 Å². The van der Waals surface area contributed by atoms with Crippen molar-refractivity contribution in [1.82, 2.24) is 0 Å². The first-order chi connectivity index (χ1) is 10.9. The molecule has 0 atom stereocenters. The number of amides is 2. The monoisotopic (exact) mass is 338 g/mol. The van der Waals surface area contributed by atoms with E-state index in [0.717, 1.165) is 17.7 Å². The third kappa shape index (κ3) is 4.50. The van der Waals surface area contributed by atoms with Crippen molar-refractivity contribution < 1.29 is 18.4 Å². The Hall–Kier alpha value is -2.47. The number of carbonyl (C=O) groups excluding carboxylic acids is 2. The van der Waals surface area contributed by atoms with E-state index in [9.17, 15) is 18.4 Å². The Morgan fingerprint density at radius 2 is 1.65 bits per heavy atom. The molecule has 0 unspecified atom stereocenters. The maximum atomic E-state index is 13.4. The van der Waals surface area contributed by atoms with E-state index in [1.165, 1.54) is 6.07 Å². The lowest BCUT2D eigenvalue weighted by Gasteiger charge is -2.10. The van der Waals surface area contributed by atoms with E-state index in [2.05, 4.69) is 5.32 Å². The van der Waals surface area contributed by atoms with Gasteiger partial charge < -0.3 is 10.6 Å². The summed E-state index contributed by atoms with van der Waals surface area (Å²) in [5.41, 5.74) is 0.653. The minimum Gasteiger partial charge on any atom is -0.325 e. The molecule has 2 aromatic rings. The van der Waals surface area contributed by atoms with Gasteiger partial charge in [0.1, 0.15) is 23.7 Å². The van der Waals surface area contributed by atoms with E-state index < -0.39 is 35.6 Å². The molecule has 2 amide bonds. The standard InChI is InChI=1S/C16H13ClF2N2O2/c1-9-5-6-10(17)7-13(9)20-14(22)8-15(23)21-16-11(18)3-2-4-12(16)19/h2-7H,8H2,1H3,(H,20,22)(H,21,23). The molecule has 0 bridgehead atoms. The predicted octanol–water partition coefficient (Wildman–Crippen LogP) is 3.89. The molecule has 0 spiro atoms. The summed E-state index contributed by atoms with van der Waals surface area (Å²) in [7, 11) is 0. The van der Waals surface area contributed by atoms with Gasteiger partial charge in [0.05, 0.1) is 0 Å². The van der Waals surface area contributed by atoms with E-state index in [-0.39, 0.29) is 0 Å². The van der Waals surface area contributed by atoms with Crippen LogP contribution >= 0.6 is 11.6 Å². The SMILES string of the molecule is Cc1ccc(Cl)cc1NC(=O)CC(=O)Nc1c(F)cccc1F. The molecule has 0 radical (unpaired) electrons. The van der Waals surface area contributed by atoms with E-state index in [0.29, 0.717) is 10.7 Å². The van der Waals surface area contributed by atoms with Crippen LogP contribution < -0.4 is 10.6 Å². The number of carbonyl (C=O) groups is 2. The summed E-state index contributed by atoms with van der Waals surface area (Å²) in [6.07, 6.45) is -0.584. The van der Waals surface area contributed by atoms with Crippen LogP contribution in [0.1, 0.15) is 12.0 Å². The second-order valence-electron chi connectivity index (χ2n) is 4.83. The molecule has 23 heavy (non-hydrogen) atoms. The minimum atomic E-state index is -0.913. The largest absolute Gasteiger partial charge is 0.325 e. The topological polar surface area (TPSA) is 58.2 Å². The first kappa shape index (κ1) is 16.9. The summed E-state index contributed by atoms with van der Waals surface area (Å²) >= 11 is 5.83. The van der Waals surface area contributed by atoms with Crippen LogP contribution in [-0.2, 0) is 9.59 Å². The zero-order valence-corrected chi connectivity index (χ0v) is 12.9. The lowest BCUT2D eigenvalue weighted by Crippen LogP contribution is -2.22. The second kappa shape index (κ2) is 7.19. The number of nitrogens with one attached hydrogen (secondary N) is 2. The Balaban J connectivity index is 2.00. The van der Waals surface area contributed by atoms with E-state index >= 15 is 0 Å². The number of halogens is 3. The van der Waals surface area contributed by atoms with E-state index in [1.807, 2.05) is 5.32 Å². The van der Waals surface area contributed by atoms with Crippen LogP contribution in [0, 0.1) is 18.6 Å². The third-order valence-corrected chi connectivity index (χ3v) is 3.26. The minimum absolute atomic E-state index is 0.434. The average Bonchev–Trinajstić information content (AvgIpc) is 2.47. The molecule has 120 valence electrons. The van der Waals surface area contributed by atoms with Crippen LogP contribution in [-0.4, -0.2) is 11.8 Å². The number of rotatable bonds is 4. The number of anilines is 2. The molecule has 2 rings (SSSR count). The van der Waals surface area contributed by atoms with Gasteiger partial charge in [-0.25, -0.2) is 8.78 Å². The van der Waals surface area contributed by atoms with Gasteiger partial charge in [0.2, 0.25) is 11.8 Å². The van der Waals surface area contributed by atoms with Crippen LogP contribution in [0.2, 0.25) is 5.02 Å². The smallest absolute Gasteiger partial charge is 0.233 e. The molecule has 0 aliphatic carbocycles. The zero-order chi connectivity index (χ0) is 17.0. The Kier molecular flexibility index (Phi) is 5.28. The fraction of sp³-hybridized carbons (Fsp3) is 0.125. The maximum absolute atomic E-state index is 13.4. The fourth-order valence-corrected chi connectivity index (χ4v) is 2.04. The highest BCUT2D eigenvalue weighted by molar-refractivity contribution is 6.31. The van der Waals surface area contributed by atoms with Gasteiger partial charge in [-0.3, -0.25) is 9.59 Å². The number of hydrogen-bond acceptors (Lipinski definition) is 2. The molecule has 2 N–H and O–H groups in total. The summed E-state index contributed by atoms with van der Waals surface area (Å²) in [5.74, 6) is -3.27. The Morgan fingerprint density at radius 1 is 1.04 bits per heavy atom. The van der Waals surface area contributed by atoms with E-state index in [1.54, 1.807) is 25.1 Å². The first-order valence-corrected chi connectivity index (χ1v) is 7.04. The molecular weight excluding hydrogens is 326 g/mol. The van der Waals surface area contributed by atoms with Crippen LogP contribution in [0.15, 0.2) is 36.4 Å². The molecule has 0 aromatic heterocycles. The molecule has 4 nitrogen and oxygen atoms in total. The normalized spacial score (nSPS) is 10.3. The van der Waals surface area contributed by atoms with Crippen LogP contribution in [0.5, 0.6) is 0 Å². The Morgan fingerprint density at radius 3 is 2.30 bits per heavy atom. The van der Waals surface area contributed by atoms with Crippen LogP contribution in [0.4, 0.5) is 20.2 Å². The van der Waals surface area contributed by atoms with Crippen molar-refractivity contribution in [1.29, 1.82) is 0 Å². The van der Waals surface area contributed by atoms with Gasteiger partial charge in [-0.2, -0.15) is 0 Å². The van der Waals surface area contributed by atoms with Crippen LogP contribution in [0.3, 0.4) is 0 Å². The number of para-hydroxylation sites is 1. The highest BCUT2D eigenvalue weighted by atomic mass is 35.5. The van der Waals surface area contributed by atoms with Crippen molar-refractivity contribution >= 4 is 34.8 Å². The zero-order valence-electron chi connectivity index (χ0n) is 12.1. The van der Waals surface area contributed by atoms with Gasteiger partial charge >= 0.3 is 0 Å². The fourth-order valence-electron chi connectivity index (χ4n) is 1.87. The highest BCUT2D eigenvalue weighted by Gasteiger charge is 2.15. The summed E-state index contributed by atoms with van der Waals surface area (Å²) in [6, 6.07) is 8.12. The highest BCUT2D eigenvalue weighted by Crippen LogP contribution is 2.21. The number of hydrogen-bond donors (Lipinski definition) is 2. The van der Waals surface area contributed by atoms with Gasteiger partial charge in [0, 0.05) is 10.7 Å². The lowest BCUT2D eigenvalue weighted by molar-refractivity contribution is -0.123. The quantitative estimate of drug-likeness (QED) is 0.831.